The zero-order chi connectivity index (χ0) is 17.5. The summed E-state index contributed by atoms with van der Waals surface area (Å²) in [5, 5.41) is 0. The summed E-state index contributed by atoms with van der Waals surface area (Å²) in [6, 6.07) is 0. The third-order valence-electron chi connectivity index (χ3n) is 4.23. The van der Waals surface area contributed by atoms with Crippen molar-refractivity contribution in [3.8, 4) is 0 Å². The van der Waals surface area contributed by atoms with Crippen LogP contribution in [0.4, 0.5) is 0 Å². The Labute approximate surface area is 139 Å². The fourth-order valence-electron chi connectivity index (χ4n) is 3.19. The Kier molecular flexibility index (Phi) is 7.27. The van der Waals surface area contributed by atoms with Gasteiger partial charge in [-0.15, -0.1) is 6.58 Å². The molecule has 4 heteroatoms. The Morgan fingerprint density at radius 2 is 1.74 bits per heavy atom. The zero-order valence-corrected chi connectivity index (χ0v) is 14.5. The third kappa shape index (κ3) is 4.57. The topological polar surface area (TPSA) is 52.6 Å². The summed E-state index contributed by atoms with van der Waals surface area (Å²) in [7, 11) is 0. The number of carbonyl (C=O) groups excluding carboxylic acids is 2. The number of ether oxygens (including phenoxy) is 2. The van der Waals surface area contributed by atoms with Gasteiger partial charge in [-0.2, -0.15) is 0 Å². The van der Waals surface area contributed by atoms with Crippen molar-refractivity contribution in [1.82, 2.24) is 0 Å². The summed E-state index contributed by atoms with van der Waals surface area (Å²) in [4.78, 5) is 25.1. The third-order valence-corrected chi connectivity index (χ3v) is 4.23. The van der Waals surface area contributed by atoms with Gasteiger partial charge in [0.25, 0.3) is 0 Å². The molecule has 1 rings (SSSR count). The molecule has 0 radical (unpaired) electrons. The van der Waals surface area contributed by atoms with Crippen molar-refractivity contribution in [1.29, 1.82) is 0 Å². The molecule has 0 bridgehead atoms. The van der Waals surface area contributed by atoms with E-state index in [9.17, 15) is 9.59 Å². The van der Waals surface area contributed by atoms with Crippen LogP contribution in [0, 0.1) is 17.3 Å². The minimum atomic E-state index is -1.20. The number of allylic oxidation sites excluding steroid dienone is 4. The molecule has 1 saturated carbocycles. The summed E-state index contributed by atoms with van der Waals surface area (Å²) in [5.41, 5.74) is -0.267. The second-order valence-corrected chi connectivity index (χ2v) is 6.09. The highest BCUT2D eigenvalue weighted by molar-refractivity contribution is 6.00. The highest BCUT2D eigenvalue weighted by atomic mass is 16.6. The Bertz CT molecular complexity index is 472. The zero-order valence-electron chi connectivity index (χ0n) is 14.5. The van der Waals surface area contributed by atoms with E-state index in [1.807, 2.05) is 25.2 Å². The molecule has 0 heterocycles. The smallest absolute Gasteiger partial charge is 0.323 e. The fourth-order valence-corrected chi connectivity index (χ4v) is 3.19. The van der Waals surface area contributed by atoms with Crippen LogP contribution in [0.3, 0.4) is 0 Å². The standard InChI is InChI=1S/C19H28O4/c1-6-9-15-12-19(17(20)22-7-2,18(21)23-8-3)13-16(15)11-10-14(4)5/h6,10-11,15-16H,1,4,7-9,12-13H2,2-3,5H3/b11-10+/t15-,16-/m1/s1. The van der Waals surface area contributed by atoms with E-state index in [1.54, 1.807) is 13.8 Å². The number of hydrogen-bond donors (Lipinski definition) is 0. The second-order valence-electron chi connectivity index (χ2n) is 6.09. The van der Waals surface area contributed by atoms with Gasteiger partial charge in [0.1, 0.15) is 0 Å². The molecular weight excluding hydrogens is 292 g/mol. The Morgan fingerprint density at radius 1 is 1.17 bits per heavy atom. The lowest BCUT2D eigenvalue weighted by Gasteiger charge is -2.24. The van der Waals surface area contributed by atoms with Gasteiger partial charge in [-0.3, -0.25) is 9.59 Å². The molecule has 128 valence electrons. The summed E-state index contributed by atoms with van der Waals surface area (Å²) >= 11 is 0. The van der Waals surface area contributed by atoms with Gasteiger partial charge >= 0.3 is 11.9 Å². The van der Waals surface area contributed by atoms with Crippen LogP contribution in [0.5, 0.6) is 0 Å². The molecule has 0 aromatic heterocycles. The molecule has 0 aromatic carbocycles. The van der Waals surface area contributed by atoms with Gasteiger partial charge in [0.2, 0.25) is 0 Å². The van der Waals surface area contributed by atoms with Gasteiger partial charge in [-0.25, -0.2) is 0 Å². The fraction of sp³-hybridized carbons (Fsp3) is 0.579. The van der Waals surface area contributed by atoms with Crippen molar-refractivity contribution >= 4 is 11.9 Å². The van der Waals surface area contributed by atoms with Gasteiger partial charge in [0.15, 0.2) is 5.41 Å². The monoisotopic (exact) mass is 320 g/mol. The molecule has 0 aliphatic heterocycles. The highest BCUT2D eigenvalue weighted by Gasteiger charge is 2.56. The first-order valence-electron chi connectivity index (χ1n) is 8.20. The number of esters is 2. The molecule has 0 unspecified atom stereocenters. The number of carbonyl (C=O) groups is 2. The predicted octanol–water partition coefficient (Wildman–Crippen LogP) is 3.83. The van der Waals surface area contributed by atoms with E-state index in [2.05, 4.69) is 13.2 Å². The van der Waals surface area contributed by atoms with Crippen LogP contribution in [0.1, 0.15) is 40.0 Å². The minimum Gasteiger partial charge on any atom is -0.465 e. The molecule has 0 aromatic rings. The van der Waals surface area contributed by atoms with Crippen LogP contribution in [0.15, 0.2) is 37.0 Å². The minimum absolute atomic E-state index is 0.0958. The van der Waals surface area contributed by atoms with Crippen molar-refractivity contribution in [3.63, 3.8) is 0 Å². The molecule has 0 N–H and O–H groups in total. The van der Waals surface area contributed by atoms with Crippen molar-refractivity contribution in [3.05, 3.63) is 37.0 Å². The van der Waals surface area contributed by atoms with Crippen LogP contribution in [0.25, 0.3) is 0 Å². The van der Waals surface area contributed by atoms with Crippen molar-refractivity contribution in [2.24, 2.45) is 17.3 Å². The molecular formula is C19H28O4. The van der Waals surface area contributed by atoms with E-state index < -0.39 is 17.4 Å². The van der Waals surface area contributed by atoms with Crippen LogP contribution < -0.4 is 0 Å². The first-order valence-corrected chi connectivity index (χ1v) is 8.20. The maximum Gasteiger partial charge on any atom is 0.323 e. The van der Waals surface area contributed by atoms with Crippen LogP contribution in [-0.4, -0.2) is 25.2 Å². The lowest BCUT2D eigenvalue weighted by molar-refractivity contribution is -0.172. The molecule has 0 spiro atoms. The Morgan fingerprint density at radius 3 is 2.17 bits per heavy atom. The van der Waals surface area contributed by atoms with Crippen molar-refractivity contribution < 1.29 is 19.1 Å². The largest absolute Gasteiger partial charge is 0.465 e. The summed E-state index contributed by atoms with van der Waals surface area (Å²) < 4.78 is 10.4. The van der Waals surface area contributed by atoms with Gasteiger partial charge in [0.05, 0.1) is 13.2 Å². The maximum atomic E-state index is 12.5. The lowest BCUT2D eigenvalue weighted by atomic mass is 9.84. The molecule has 0 amide bonds. The van der Waals surface area contributed by atoms with E-state index in [4.69, 9.17) is 9.47 Å². The number of rotatable bonds is 8. The van der Waals surface area contributed by atoms with E-state index in [1.165, 1.54) is 0 Å². The number of hydrogen-bond acceptors (Lipinski definition) is 4. The quantitative estimate of drug-likeness (QED) is 0.295. The molecule has 23 heavy (non-hydrogen) atoms. The molecule has 1 aliphatic carbocycles. The van der Waals surface area contributed by atoms with Crippen LogP contribution in [-0.2, 0) is 19.1 Å². The van der Waals surface area contributed by atoms with Gasteiger partial charge in [0, 0.05) is 0 Å². The van der Waals surface area contributed by atoms with E-state index in [-0.39, 0.29) is 25.0 Å². The van der Waals surface area contributed by atoms with E-state index in [0.29, 0.717) is 12.8 Å². The predicted molar refractivity (Wildman–Crippen MR) is 90.7 cm³/mol. The average molecular weight is 320 g/mol. The SMILES string of the molecule is C=CC[C@@H]1CC(C(=O)OCC)(C(=O)OCC)C[C@H]1/C=C/C(=C)C. The average Bonchev–Trinajstić information content (AvgIpc) is 2.86. The Hall–Kier alpha value is -1.84. The van der Waals surface area contributed by atoms with E-state index in [0.717, 1.165) is 12.0 Å². The van der Waals surface area contributed by atoms with Gasteiger partial charge < -0.3 is 9.47 Å². The van der Waals surface area contributed by atoms with Gasteiger partial charge in [-0.05, 0) is 51.9 Å². The van der Waals surface area contributed by atoms with Crippen molar-refractivity contribution in [2.75, 3.05) is 13.2 Å². The first kappa shape index (κ1) is 19.2. The summed E-state index contributed by atoms with van der Waals surface area (Å²) in [5.74, 6) is -0.687. The summed E-state index contributed by atoms with van der Waals surface area (Å²) in [6.45, 7) is 13.5. The first-order chi connectivity index (χ1) is 10.9. The van der Waals surface area contributed by atoms with Crippen LogP contribution in [0.2, 0.25) is 0 Å². The van der Waals surface area contributed by atoms with Crippen molar-refractivity contribution in [2.45, 2.75) is 40.0 Å². The lowest BCUT2D eigenvalue weighted by Crippen LogP contribution is -2.40. The van der Waals surface area contributed by atoms with E-state index >= 15 is 0 Å². The van der Waals surface area contributed by atoms with Gasteiger partial charge in [-0.1, -0.05) is 30.4 Å². The summed E-state index contributed by atoms with van der Waals surface area (Å²) in [6.07, 6.45) is 7.39. The molecule has 1 fully saturated rings. The van der Waals surface area contributed by atoms with Crippen LogP contribution >= 0.6 is 0 Å². The maximum absolute atomic E-state index is 12.5. The molecule has 1 aliphatic rings. The highest BCUT2D eigenvalue weighted by Crippen LogP contribution is 2.49. The molecule has 2 atom stereocenters. The molecule has 4 nitrogen and oxygen atoms in total. The molecule has 0 saturated heterocycles. The normalized spacial score (nSPS) is 22.7. The Balaban J connectivity index is 3.14. The second kappa shape index (κ2) is 8.70.